The Morgan fingerprint density at radius 3 is 2.10 bits per heavy atom. The van der Waals surface area contributed by atoms with Crippen LogP contribution in [0, 0.1) is 5.92 Å². The van der Waals surface area contributed by atoms with Crippen LogP contribution in [0.1, 0.15) is 19.4 Å². The average Bonchev–Trinajstić information content (AvgIpc) is 2.49. The van der Waals surface area contributed by atoms with Gasteiger partial charge in [-0.2, -0.15) is 0 Å². The first-order chi connectivity index (χ1) is 10.0. The van der Waals surface area contributed by atoms with Gasteiger partial charge in [-0.05, 0) is 29.7 Å². The third kappa shape index (κ3) is 5.02. The molecule has 0 aromatic heterocycles. The Balaban J connectivity index is 2.91. The van der Waals surface area contributed by atoms with Gasteiger partial charge in [-0.15, -0.1) is 0 Å². The van der Waals surface area contributed by atoms with E-state index in [0.29, 0.717) is 29.8 Å². The smallest absolute Gasteiger partial charge is 0.330 e. The van der Waals surface area contributed by atoms with Crippen LogP contribution in [0.15, 0.2) is 18.2 Å². The molecule has 0 amide bonds. The molecule has 116 valence electrons. The molecule has 5 heteroatoms. The van der Waals surface area contributed by atoms with E-state index in [9.17, 15) is 4.79 Å². The average molecular weight is 294 g/mol. The summed E-state index contributed by atoms with van der Waals surface area (Å²) in [5, 5.41) is 0. The largest absolute Gasteiger partial charge is 0.493 e. The Morgan fingerprint density at radius 2 is 1.67 bits per heavy atom. The van der Waals surface area contributed by atoms with Crippen LogP contribution in [0.5, 0.6) is 17.2 Å². The van der Waals surface area contributed by atoms with E-state index < -0.39 is 0 Å². The summed E-state index contributed by atoms with van der Waals surface area (Å²) >= 11 is 0. The van der Waals surface area contributed by atoms with Gasteiger partial charge in [-0.3, -0.25) is 0 Å². The van der Waals surface area contributed by atoms with Crippen molar-refractivity contribution in [3.8, 4) is 17.2 Å². The topological polar surface area (TPSA) is 54.0 Å². The molecule has 1 aromatic rings. The third-order valence-electron chi connectivity index (χ3n) is 2.66. The number of methoxy groups -OCH3 is 3. The first-order valence-electron chi connectivity index (χ1n) is 6.66. The summed E-state index contributed by atoms with van der Waals surface area (Å²) < 4.78 is 20.8. The number of ether oxygens (including phenoxy) is 4. The highest BCUT2D eigenvalue weighted by Gasteiger charge is 2.12. The maximum Gasteiger partial charge on any atom is 0.330 e. The van der Waals surface area contributed by atoms with Gasteiger partial charge in [-0.1, -0.05) is 13.8 Å². The minimum absolute atomic E-state index is 0.309. The van der Waals surface area contributed by atoms with Crippen molar-refractivity contribution in [1.82, 2.24) is 0 Å². The minimum atomic E-state index is -0.377. The van der Waals surface area contributed by atoms with Crippen LogP contribution in [0.25, 0.3) is 6.08 Å². The molecule has 0 saturated carbocycles. The Labute approximate surface area is 125 Å². The molecule has 0 aliphatic carbocycles. The summed E-state index contributed by atoms with van der Waals surface area (Å²) in [6, 6.07) is 3.52. The van der Waals surface area contributed by atoms with E-state index in [1.165, 1.54) is 6.08 Å². The summed E-state index contributed by atoms with van der Waals surface area (Å²) in [6.45, 7) is 4.37. The van der Waals surface area contributed by atoms with Crippen LogP contribution < -0.4 is 14.2 Å². The van der Waals surface area contributed by atoms with Crippen LogP contribution in [0.4, 0.5) is 0 Å². The predicted octanol–water partition coefficient (Wildman–Crippen LogP) is 2.92. The van der Waals surface area contributed by atoms with Crippen LogP contribution in [0.3, 0.4) is 0 Å². The van der Waals surface area contributed by atoms with Gasteiger partial charge in [0, 0.05) is 6.08 Å². The number of carbonyl (C=O) groups is 1. The molecular formula is C16H22O5. The highest BCUT2D eigenvalue weighted by Crippen LogP contribution is 2.38. The quantitative estimate of drug-likeness (QED) is 0.571. The zero-order valence-corrected chi connectivity index (χ0v) is 13.1. The van der Waals surface area contributed by atoms with Gasteiger partial charge in [0.2, 0.25) is 5.75 Å². The van der Waals surface area contributed by atoms with Crippen molar-refractivity contribution >= 4 is 12.0 Å². The van der Waals surface area contributed by atoms with Crippen molar-refractivity contribution in [2.75, 3.05) is 27.9 Å². The molecule has 0 radical (unpaired) electrons. The molecule has 0 fully saturated rings. The van der Waals surface area contributed by atoms with E-state index in [1.54, 1.807) is 39.5 Å². The summed E-state index contributed by atoms with van der Waals surface area (Å²) in [4.78, 5) is 11.6. The number of hydrogen-bond donors (Lipinski definition) is 0. The van der Waals surface area contributed by atoms with Gasteiger partial charge in [-0.25, -0.2) is 4.79 Å². The fourth-order valence-electron chi connectivity index (χ4n) is 1.66. The molecule has 0 atom stereocenters. The highest BCUT2D eigenvalue weighted by molar-refractivity contribution is 5.87. The van der Waals surface area contributed by atoms with Crippen molar-refractivity contribution < 1.29 is 23.7 Å². The van der Waals surface area contributed by atoms with Crippen LogP contribution in [-0.2, 0) is 9.53 Å². The molecule has 0 unspecified atom stereocenters. The van der Waals surface area contributed by atoms with E-state index in [-0.39, 0.29) is 5.97 Å². The predicted molar refractivity (Wildman–Crippen MR) is 80.9 cm³/mol. The van der Waals surface area contributed by atoms with E-state index in [2.05, 4.69) is 0 Å². The zero-order chi connectivity index (χ0) is 15.8. The van der Waals surface area contributed by atoms with Gasteiger partial charge in [0.1, 0.15) is 0 Å². The fourth-order valence-corrected chi connectivity index (χ4v) is 1.66. The van der Waals surface area contributed by atoms with Crippen molar-refractivity contribution in [2.45, 2.75) is 13.8 Å². The molecule has 0 aliphatic rings. The Hall–Kier alpha value is -2.17. The van der Waals surface area contributed by atoms with Gasteiger partial charge in [0.25, 0.3) is 0 Å². The Morgan fingerprint density at radius 1 is 1.10 bits per heavy atom. The summed E-state index contributed by atoms with van der Waals surface area (Å²) in [5.41, 5.74) is 0.756. The van der Waals surface area contributed by atoms with E-state index in [1.807, 2.05) is 13.8 Å². The lowest BCUT2D eigenvalue weighted by Gasteiger charge is -2.12. The normalized spacial score (nSPS) is 10.8. The second-order valence-electron chi connectivity index (χ2n) is 4.82. The molecule has 0 aliphatic heterocycles. The lowest BCUT2D eigenvalue weighted by molar-refractivity contribution is -0.138. The Kier molecular flexibility index (Phi) is 6.59. The van der Waals surface area contributed by atoms with Crippen molar-refractivity contribution in [3.05, 3.63) is 23.8 Å². The van der Waals surface area contributed by atoms with Crippen LogP contribution in [-0.4, -0.2) is 33.9 Å². The molecule has 21 heavy (non-hydrogen) atoms. The molecule has 0 bridgehead atoms. The van der Waals surface area contributed by atoms with E-state index >= 15 is 0 Å². The van der Waals surface area contributed by atoms with Gasteiger partial charge >= 0.3 is 5.97 Å². The molecule has 0 heterocycles. The first-order valence-corrected chi connectivity index (χ1v) is 6.66. The Bertz CT molecular complexity index is 480. The van der Waals surface area contributed by atoms with Crippen molar-refractivity contribution in [2.24, 2.45) is 5.92 Å². The highest BCUT2D eigenvalue weighted by atomic mass is 16.5. The number of hydrogen-bond acceptors (Lipinski definition) is 5. The molecule has 0 saturated heterocycles. The first kappa shape index (κ1) is 16.9. The number of rotatable bonds is 7. The van der Waals surface area contributed by atoms with Crippen LogP contribution >= 0.6 is 0 Å². The summed E-state index contributed by atoms with van der Waals surface area (Å²) in [6.07, 6.45) is 3.02. The van der Waals surface area contributed by atoms with E-state index in [0.717, 1.165) is 5.56 Å². The third-order valence-corrected chi connectivity index (χ3v) is 2.66. The summed E-state index contributed by atoms with van der Waals surface area (Å²) in [7, 11) is 4.63. The standard InChI is InChI=1S/C16H22O5/c1-11(2)10-21-15(17)7-6-12-8-13(18-3)16(20-5)14(9-12)19-4/h6-9,11H,10H2,1-5H3/b7-6+. The summed E-state index contributed by atoms with van der Waals surface area (Å²) in [5.74, 6) is 1.51. The number of carbonyl (C=O) groups excluding carboxylic acids is 1. The van der Waals surface area contributed by atoms with Crippen molar-refractivity contribution in [1.29, 1.82) is 0 Å². The second kappa shape index (κ2) is 8.19. The van der Waals surface area contributed by atoms with Gasteiger partial charge in [0.05, 0.1) is 27.9 Å². The van der Waals surface area contributed by atoms with Gasteiger partial charge < -0.3 is 18.9 Å². The lowest BCUT2D eigenvalue weighted by Crippen LogP contribution is -2.07. The maximum absolute atomic E-state index is 11.6. The fraction of sp³-hybridized carbons (Fsp3) is 0.438. The molecule has 1 rings (SSSR count). The zero-order valence-electron chi connectivity index (χ0n) is 13.1. The monoisotopic (exact) mass is 294 g/mol. The number of benzene rings is 1. The molecule has 5 nitrogen and oxygen atoms in total. The van der Waals surface area contributed by atoms with Gasteiger partial charge in [0.15, 0.2) is 11.5 Å². The molecule has 0 spiro atoms. The van der Waals surface area contributed by atoms with E-state index in [4.69, 9.17) is 18.9 Å². The van der Waals surface area contributed by atoms with Crippen LogP contribution in [0.2, 0.25) is 0 Å². The van der Waals surface area contributed by atoms with Crippen molar-refractivity contribution in [3.63, 3.8) is 0 Å². The molecular weight excluding hydrogens is 272 g/mol. The molecule has 1 aromatic carbocycles. The second-order valence-corrected chi connectivity index (χ2v) is 4.82. The molecule has 0 N–H and O–H groups in total. The lowest BCUT2D eigenvalue weighted by atomic mass is 10.1. The number of esters is 1. The minimum Gasteiger partial charge on any atom is -0.493 e. The maximum atomic E-state index is 11.6. The SMILES string of the molecule is COc1cc(/C=C/C(=O)OCC(C)C)cc(OC)c1OC.